The molecule has 2 rings (SSSR count). The topological polar surface area (TPSA) is 69.8 Å². The number of aromatic nitrogens is 2. The van der Waals surface area contributed by atoms with Gasteiger partial charge in [0.05, 0.1) is 24.3 Å². The number of nitrogens with zero attached hydrogens (tertiary/aromatic N) is 1. The van der Waals surface area contributed by atoms with Crippen LogP contribution in [0.15, 0.2) is 12.5 Å². The van der Waals surface area contributed by atoms with Gasteiger partial charge in [0.25, 0.3) is 0 Å². The van der Waals surface area contributed by atoms with Gasteiger partial charge in [-0.2, -0.15) is 0 Å². The number of hydrogen-bond acceptors (Lipinski definition) is 4. The third kappa shape index (κ3) is 4.40. The normalized spacial score (nSPS) is 16.9. The Kier molecular flexibility index (Phi) is 4.88. The maximum atomic E-state index is 11.6. The molecular weight excluding hydrogens is 236 g/mol. The van der Waals surface area contributed by atoms with Gasteiger partial charge >= 0.3 is 0 Å². The van der Waals surface area contributed by atoms with E-state index in [1.165, 1.54) is 12.8 Å². The molecule has 1 aromatic heterocycles. The number of carbonyl (C=O) groups is 1. The van der Waals surface area contributed by atoms with Crippen molar-refractivity contribution in [2.24, 2.45) is 0 Å². The van der Waals surface area contributed by atoms with E-state index in [0.29, 0.717) is 17.5 Å². The Hall–Kier alpha value is -1.01. The Morgan fingerprint density at radius 1 is 1.53 bits per heavy atom. The van der Waals surface area contributed by atoms with Gasteiger partial charge in [0.15, 0.2) is 0 Å². The smallest absolute Gasteiger partial charge is 0.230 e. The van der Waals surface area contributed by atoms with Crippen LogP contribution >= 0.6 is 11.8 Å². The second-order valence-corrected chi connectivity index (χ2v) is 5.40. The lowest BCUT2D eigenvalue weighted by atomic mass is 10.2. The molecule has 0 bridgehead atoms. The second-order valence-electron chi connectivity index (χ2n) is 4.11. The van der Waals surface area contributed by atoms with Crippen molar-refractivity contribution in [2.75, 3.05) is 18.8 Å². The standard InChI is InChI=1S/C11H18N4OS/c16-11(14-6-9-5-13-8-15-9)7-17-10-1-3-12-4-2-10/h5,8,10,12H,1-4,6-7H2,(H,13,15)(H,14,16). The molecule has 1 aliphatic heterocycles. The molecule has 0 saturated carbocycles. The molecule has 94 valence electrons. The number of piperidine rings is 1. The zero-order chi connectivity index (χ0) is 11.9. The number of nitrogens with one attached hydrogen (secondary N) is 3. The lowest BCUT2D eigenvalue weighted by Crippen LogP contribution is -2.31. The predicted molar refractivity (Wildman–Crippen MR) is 68.8 cm³/mol. The fraction of sp³-hybridized carbons (Fsp3) is 0.636. The first kappa shape index (κ1) is 12.4. The molecule has 1 aromatic rings. The van der Waals surface area contributed by atoms with Crippen LogP contribution in [0.1, 0.15) is 18.5 Å². The second kappa shape index (κ2) is 6.66. The van der Waals surface area contributed by atoms with Crippen LogP contribution in [0.2, 0.25) is 0 Å². The van der Waals surface area contributed by atoms with Crippen molar-refractivity contribution in [3.63, 3.8) is 0 Å². The molecule has 5 nitrogen and oxygen atoms in total. The van der Waals surface area contributed by atoms with E-state index >= 15 is 0 Å². The van der Waals surface area contributed by atoms with Crippen LogP contribution < -0.4 is 10.6 Å². The first-order valence-electron chi connectivity index (χ1n) is 5.91. The van der Waals surface area contributed by atoms with E-state index in [1.807, 2.05) is 0 Å². The number of H-pyrrole nitrogens is 1. The lowest BCUT2D eigenvalue weighted by Gasteiger charge is -2.21. The minimum atomic E-state index is 0.100. The summed E-state index contributed by atoms with van der Waals surface area (Å²) >= 11 is 1.76. The van der Waals surface area contributed by atoms with Crippen LogP contribution in [0, 0.1) is 0 Å². The highest BCUT2D eigenvalue weighted by atomic mass is 32.2. The van der Waals surface area contributed by atoms with E-state index in [0.717, 1.165) is 18.8 Å². The number of imidazole rings is 1. The van der Waals surface area contributed by atoms with Crippen LogP contribution in [0.4, 0.5) is 0 Å². The Labute approximate surface area is 105 Å². The van der Waals surface area contributed by atoms with Crippen molar-refractivity contribution in [1.82, 2.24) is 20.6 Å². The molecule has 0 aliphatic carbocycles. The quantitative estimate of drug-likeness (QED) is 0.716. The summed E-state index contributed by atoms with van der Waals surface area (Å²) in [5.74, 6) is 0.654. The highest BCUT2D eigenvalue weighted by Crippen LogP contribution is 2.19. The fourth-order valence-corrected chi connectivity index (χ4v) is 2.84. The summed E-state index contributed by atoms with van der Waals surface area (Å²) in [5, 5.41) is 6.83. The number of aromatic amines is 1. The molecule has 0 atom stereocenters. The molecule has 1 fully saturated rings. The molecule has 0 aromatic carbocycles. The summed E-state index contributed by atoms with van der Waals surface area (Å²) in [6.07, 6.45) is 5.67. The summed E-state index contributed by atoms with van der Waals surface area (Å²) in [4.78, 5) is 18.5. The number of amides is 1. The van der Waals surface area contributed by atoms with Gasteiger partial charge in [-0.25, -0.2) is 4.98 Å². The number of carbonyl (C=O) groups excluding carboxylic acids is 1. The first-order chi connectivity index (χ1) is 8.34. The third-order valence-electron chi connectivity index (χ3n) is 2.77. The number of thioether (sulfide) groups is 1. The van der Waals surface area contributed by atoms with Crippen LogP contribution in [-0.2, 0) is 11.3 Å². The fourth-order valence-electron chi connectivity index (χ4n) is 1.78. The molecule has 1 saturated heterocycles. The van der Waals surface area contributed by atoms with E-state index in [9.17, 15) is 4.79 Å². The summed E-state index contributed by atoms with van der Waals surface area (Å²) < 4.78 is 0. The van der Waals surface area contributed by atoms with Crippen molar-refractivity contribution in [3.05, 3.63) is 18.2 Å². The zero-order valence-electron chi connectivity index (χ0n) is 9.74. The maximum absolute atomic E-state index is 11.6. The van der Waals surface area contributed by atoms with Crippen LogP contribution in [0.25, 0.3) is 0 Å². The molecular formula is C11H18N4OS. The molecule has 1 aliphatic rings. The molecule has 1 amide bonds. The zero-order valence-corrected chi connectivity index (χ0v) is 10.6. The monoisotopic (exact) mass is 254 g/mol. The van der Waals surface area contributed by atoms with Gasteiger partial charge in [-0.3, -0.25) is 4.79 Å². The van der Waals surface area contributed by atoms with E-state index < -0.39 is 0 Å². The predicted octanol–water partition coefficient (Wildman–Crippen LogP) is 0.511. The van der Waals surface area contributed by atoms with Crippen molar-refractivity contribution >= 4 is 17.7 Å². The van der Waals surface area contributed by atoms with Crippen molar-refractivity contribution in [2.45, 2.75) is 24.6 Å². The number of rotatable bonds is 5. The van der Waals surface area contributed by atoms with E-state index in [1.54, 1.807) is 24.3 Å². The summed E-state index contributed by atoms with van der Waals surface area (Å²) in [5.41, 5.74) is 0.935. The van der Waals surface area contributed by atoms with Crippen LogP contribution in [0.3, 0.4) is 0 Å². The average Bonchev–Trinajstić information content (AvgIpc) is 2.88. The lowest BCUT2D eigenvalue weighted by molar-refractivity contribution is -0.118. The molecule has 2 heterocycles. The minimum Gasteiger partial charge on any atom is -0.350 e. The van der Waals surface area contributed by atoms with Crippen LogP contribution in [0.5, 0.6) is 0 Å². The number of hydrogen-bond donors (Lipinski definition) is 3. The van der Waals surface area contributed by atoms with Gasteiger partial charge in [-0.1, -0.05) is 0 Å². The Morgan fingerprint density at radius 3 is 3.06 bits per heavy atom. The summed E-state index contributed by atoms with van der Waals surface area (Å²) in [6.45, 7) is 2.69. The van der Waals surface area contributed by atoms with Gasteiger partial charge in [0.2, 0.25) is 5.91 Å². The van der Waals surface area contributed by atoms with Gasteiger partial charge in [0, 0.05) is 11.4 Å². The maximum Gasteiger partial charge on any atom is 0.230 e. The summed E-state index contributed by atoms with van der Waals surface area (Å²) in [6, 6.07) is 0. The largest absolute Gasteiger partial charge is 0.350 e. The highest BCUT2D eigenvalue weighted by molar-refractivity contribution is 8.00. The van der Waals surface area contributed by atoms with Crippen molar-refractivity contribution < 1.29 is 4.79 Å². The minimum absolute atomic E-state index is 0.100. The SMILES string of the molecule is O=C(CSC1CCNCC1)NCc1cnc[nH]1. The Morgan fingerprint density at radius 2 is 2.35 bits per heavy atom. The molecule has 0 unspecified atom stereocenters. The molecule has 0 radical (unpaired) electrons. The summed E-state index contributed by atoms with van der Waals surface area (Å²) in [7, 11) is 0. The highest BCUT2D eigenvalue weighted by Gasteiger charge is 2.14. The van der Waals surface area contributed by atoms with Gasteiger partial charge in [-0.15, -0.1) is 11.8 Å². The van der Waals surface area contributed by atoms with E-state index in [2.05, 4.69) is 20.6 Å². The Bertz CT molecular complexity index is 335. The third-order valence-corrected chi connectivity index (χ3v) is 4.14. The van der Waals surface area contributed by atoms with Gasteiger partial charge in [-0.05, 0) is 25.9 Å². The van der Waals surface area contributed by atoms with E-state index in [-0.39, 0.29) is 5.91 Å². The molecule has 0 spiro atoms. The molecule has 17 heavy (non-hydrogen) atoms. The van der Waals surface area contributed by atoms with E-state index in [4.69, 9.17) is 0 Å². The van der Waals surface area contributed by atoms with Crippen molar-refractivity contribution in [1.29, 1.82) is 0 Å². The van der Waals surface area contributed by atoms with Gasteiger partial charge < -0.3 is 15.6 Å². The van der Waals surface area contributed by atoms with Crippen LogP contribution in [-0.4, -0.2) is 40.0 Å². The first-order valence-corrected chi connectivity index (χ1v) is 6.96. The Balaban J connectivity index is 1.60. The average molecular weight is 254 g/mol. The van der Waals surface area contributed by atoms with Gasteiger partial charge in [0.1, 0.15) is 0 Å². The molecule has 3 N–H and O–H groups in total. The van der Waals surface area contributed by atoms with Crippen molar-refractivity contribution in [3.8, 4) is 0 Å². The molecule has 6 heteroatoms.